The first-order valence-corrected chi connectivity index (χ1v) is 7.98. The van der Waals surface area contributed by atoms with Crippen molar-refractivity contribution in [1.29, 1.82) is 0 Å². The molecule has 0 spiro atoms. The summed E-state index contributed by atoms with van der Waals surface area (Å²) in [4.78, 5) is 14.3. The van der Waals surface area contributed by atoms with E-state index >= 15 is 0 Å². The zero-order valence-electron chi connectivity index (χ0n) is 11.9. The predicted octanol–water partition coefficient (Wildman–Crippen LogP) is 2.46. The van der Waals surface area contributed by atoms with Crippen LogP contribution in [0.15, 0.2) is 28.7 Å². The Morgan fingerprint density at radius 3 is 2.90 bits per heavy atom. The third-order valence-corrected chi connectivity index (χ3v) is 3.93. The maximum absolute atomic E-state index is 11.8. The van der Waals surface area contributed by atoms with Crippen LogP contribution in [0, 0.1) is 0 Å². The van der Waals surface area contributed by atoms with Gasteiger partial charge in [-0.05, 0) is 37.6 Å². The highest BCUT2D eigenvalue weighted by Crippen LogP contribution is 2.25. The summed E-state index contributed by atoms with van der Waals surface area (Å²) < 4.78 is 0.964. The fourth-order valence-electron chi connectivity index (χ4n) is 2.23. The predicted molar refractivity (Wildman–Crippen MR) is 85.9 cm³/mol. The monoisotopic (exact) mass is 339 g/mol. The van der Waals surface area contributed by atoms with E-state index in [0.717, 1.165) is 35.8 Å². The van der Waals surface area contributed by atoms with Gasteiger partial charge < -0.3 is 10.6 Å². The van der Waals surface area contributed by atoms with Crippen molar-refractivity contribution in [2.75, 3.05) is 31.5 Å². The molecule has 2 N–H and O–H groups in total. The fourth-order valence-corrected chi connectivity index (χ4v) is 2.63. The summed E-state index contributed by atoms with van der Waals surface area (Å²) in [7, 11) is 0. The number of carbonyl (C=O) groups excluding carboxylic acids is 1. The molecule has 1 amide bonds. The zero-order valence-corrected chi connectivity index (χ0v) is 13.4. The molecule has 0 bridgehead atoms. The van der Waals surface area contributed by atoms with Gasteiger partial charge in [-0.25, -0.2) is 0 Å². The summed E-state index contributed by atoms with van der Waals surface area (Å²) in [6.45, 7) is 5.52. The number of benzene rings is 1. The lowest BCUT2D eigenvalue weighted by atomic mass is 10.3. The molecular weight excluding hydrogens is 318 g/mol. The normalized spacial score (nSPS) is 14.6. The number of nitrogens with one attached hydrogen (secondary N) is 2. The van der Waals surface area contributed by atoms with Crippen molar-refractivity contribution in [2.45, 2.75) is 25.8 Å². The van der Waals surface area contributed by atoms with Crippen molar-refractivity contribution >= 4 is 27.5 Å². The number of nitrogens with zero attached hydrogens (tertiary/aromatic N) is 1. The van der Waals surface area contributed by atoms with Crippen molar-refractivity contribution < 1.29 is 4.79 Å². The minimum Gasteiger partial charge on any atom is -0.325 e. The molecule has 4 nitrogen and oxygen atoms in total. The van der Waals surface area contributed by atoms with Crippen molar-refractivity contribution in [2.24, 2.45) is 0 Å². The highest BCUT2D eigenvalue weighted by Gasteiger charge is 2.26. The molecular formula is C15H22BrN3O. The van der Waals surface area contributed by atoms with Crippen LogP contribution in [-0.2, 0) is 4.79 Å². The van der Waals surface area contributed by atoms with Gasteiger partial charge in [-0.1, -0.05) is 28.9 Å². The molecule has 2 rings (SSSR count). The van der Waals surface area contributed by atoms with Crippen LogP contribution in [0.5, 0.6) is 0 Å². The van der Waals surface area contributed by atoms with Gasteiger partial charge in [0.1, 0.15) is 0 Å². The van der Waals surface area contributed by atoms with E-state index in [0.29, 0.717) is 6.54 Å². The number of halogens is 1. The average molecular weight is 340 g/mol. The molecule has 110 valence electrons. The summed E-state index contributed by atoms with van der Waals surface area (Å²) in [5, 5.41) is 6.08. The van der Waals surface area contributed by atoms with E-state index < -0.39 is 0 Å². The second-order valence-corrected chi connectivity index (χ2v) is 6.01. The van der Waals surface area contributed by atoms with Crippen LogP contribution >= 0.6 is 15.9 Å². The summed E-state index contributed by atoms with van der Waals surface area (Å²) in [5.74, 6) is -0.00225. The fraction of sp³-hybridized carbons (Fsp3) is 0.533. The Labute approximate surface area is 129 Å². The Hall–Kier alpha value is -0.910. The first-order valence-electron chi connectivity index (χ1n) is 7.19. The lowest BCUT2D eigenvalue weighted by molar-refractivity contribution is -0.115. The van der Waals surface area contributed by atoms with Gasteiger partial charge in [0.05, 0.1) is 6.54 Å². The number of carbonyl (C=O) groups is 1. The quantitative estimate of drug-likeness (QED) is 0.715. The van der Waals surface area contributed by atoms with Crippen molar-refractivity contribution in [1.82, 2.24) is 10.2 Å². The number of hydrogen-bond donors (Lipinski definition) is 2. The van der Waals surface area contributed by atoms with Crippen molar-refractivity contribution in [3.8, 4) is 0 Å². The molecule has 0 atom stereocenters. The molecule has 1 aromatic carbocycles. The Morgan fingerprint density at radius 1 is 1.45 bits per heavy atom. The highest BCUT2D eigenvalue weighted by molar-refractivity contribution is 9.10. The van der Waals surface area contributed by atoms with Gasteiger partial charge in [0.25, 0.3) is 0 Å². The first-order chi connectivity index (χ1) is 9.69. The topological polar surface area (TPSA) is 44.4 Å². The molecule has 1 aliphatic carbocycles. The lowest BCUT2D eigenvalue weighted by Gasteiger charge is -2.19. The van der Waals surface area contributed by atoms with Gasteiger partial charge in [0.2, 0.25) is 5.91 Å². The maximum Gasteiger partial charge on any atom is 0.238 e. The van der Waals surface area contributed by atoms with Crippen LogP contribution in [-0.4, -0.2) is 43.0 Å². The SMILES string of the molecule is CCN(CCNCC(=O)Nc1cccc(Br)c1)C1CC1. The standard InChI is InChI=1S/C15H22BrN3O/c1-2-19(14-6-7-14)9-8-17-11-15(20)18-13-5-3-4-12(16)10-13/h3-5,10,14,17H,2,6-9,11H2,1H3,(H,18,20). The second-order valence-electron chi connectivity index (χ2n) is 5.10. The van der Waals surface area contributed by atoms with Crippen LogP contribution in [0.3, 0.4) is 0 Å². The Balaban J connectivity index is 1.62. The Kier molecular flexibility index (Phi) is 6.01. The van der Waals surface area contributed by atoms with E-state index in [2.05, 4.69) is 38.4 Å². The van der Waals surface area contributed by atoms with E-state index in [1.807, 2.05) is 24.3 Å². The first kappa shape index (κ1) is 15.5. The molecule has 1 fully saturated rings. The van der Waals surface area contributed by atoms with Crippen molar-refractivity contribution in [3.05, 3.63) is 28.7 Å². The molecule has 1 saturated carbocycles. The van der Waals surface area contributed by atoms with E-state index in [1.54, 1.807) is 0 Å². The van der Waals surface area contributed by atoms with Crippen LogP contribution in [0.25, 0.3) is 0 Å². The zero-order chi connectivity index (χ0) is 14.4. The minimum atomic E-state index is -0.00225. The maximum atomic E-state index is 11.8. The molecule has 0 aliphatic heterocycles. The number of hydrogen-bond acceptors (Lipinski definition) is 3. The van der Waals surface area contributed by atoms with E-state index in [-0.39, 0.29) is 5.91 Å². The summed E-state index contributed by atoms with van der Waals surface area (Å²) in [6.07, 6.45) is 2.66. The molecule has 0 unspecified atom stereocenters. The van der Waals surface area contributed by atoms with Crippen LogP contribution in [0.2, 0.25) is 0 Å². The van der Waals surface area contributed by atoms with Gasteiger partial charge >= 0.3 is 0 Å². The van der Waals surface area contributed by atoms with Gasteiger partial charge in [-0.3, -0.25) is 9.69 Å². The van der Waals surface area contributed by atoms with Gasteiger partial charge in [0, 0.05) is 29.3 Å². The van der Waals surface area contributed by atoms with Gasteiger partial charge in [0.15, 0.2) is 0 Å². The molecule has 20 heavy (non-hydrogen) atoms. The molecule has 0 heterocycles. The third-order valence-electron chi connectivity index (χ3n) is 3.44. The molecule has 0 aromatic heterocycles. The van der Waals surface area contributed by atoms with Crippen molar-refractivity contribution in [3.63, 3.8) is 0 Å². The summed E-state index contributed by atoms with van der Waals surface area (Å²) >= 11 is 3.39. The van der Waals surface area contributed by atoms with Gasteiger partial charge in [-0.15, -0.1) is 0 Å². The molecule has 5 heteroatoms. The Morgan fingerprint density at radius 2 is 2.25 bits per heavy atom. The molecule has 1 aliphatic rings. The average Bonchev–Trinajstić information content (AvgIpc) is 3.23. The molecule has 0 saturated heterocycles. The summed E-state index contributed by atoms with van der Waals surface area (Å²) in [6, 6.07) is 8.41. The minimum absolute atomic E-state index is 0.00225. The van der Waals surface area contributed by atoms with Crippen LogP contribution < -0.4 is 10.6 Å². The largest absolute Gasteiger partial charge is 0.325 e. The second kappa shape index (κ2) is 7.76. The van der Waals surface area contributed by atoms with Crippen LogP contribution in [0.4, 0.5) is 5.69 Å². The van der Waals surface area contributed by atoms with Gasteiger partial charge in [-0.2, -0.15) is 0 Å². The van der Waals surface area contributed by atoms with Crippen LogP contribution in [0.1, 0.15) is 19.8 Å². The molecule has 1 aromatic rings. The third kappa shape index (κ3) is 5.23. The van der Waals surface area contributed by atoms with E-state index in [9.17, 15) is 4.79 Å². The highest BCUT2D eigenvalue weighted by atomic mass is 79.9. The number of amides is 1. The van der Waals surface area contributed by atoms with E-state index in [1.165, 1.54) is 12.8 Å². The lowest BCUT2D eigenvalue weighted by Crippen LogP contribution is -2.36. The van der Waals surface area contributed by atoms with E-state index in [4.69, 9.17) is 0 Å². The number of anilines is 1. The number of likely N-dealkylation sites (N-methyl/N-ethyl adjacent to an activating group) is 1. The Bertz CT molecular complexity index is 448. The smallest absolute Gasteiger partial charge is 0.238 e. The number of rotatable bonds is 8. The molecule has 0 radical (unpaired) electrons. The summed E-state index contributed by atoms with van der Waals surface area (Å²) in [5.41, 5.74) is 0.819.